The van der Waals surface area contributed by atoms with Crippen molar-refractivity contribution in [3.8, 4) is 5.69 Å². The van der Waals surface area contributed by atoms with E-state index in [0.717, 1.165) is 23.5 Å². The molecule has 1 aromatic heterocycles. The van der Waals surface area contributed by atoms with E-state index in [0.29, 0.717) is 5.56 Å². The lowest BCUT2D eigenvalue weighted by molar-refractivity contribution is 0.318. The topological polar surface area (TPSA) is 76.4 Å². The number of aryl methyl sites for hydroxylation is 2. The lowest BCUT2D eigenvalue weighted by Crippen LogP contribution is -2.17. The van der Waals surface area contributed by atoms with Gasteiger partial charge in [-0.25, -0.2) is 4.98 Å². The van der Waals surface area contributed by atoms with Gasteiger partial charge in [-0.2, -0.15) is 0 Å². The average molecular weight is 244 g/mol. The van der Waals surface area contributed by atoms with Crippen LogP contribution in [0.1, 0.15) is 23.9 Å². The van der Waals surface area contributed by atoms with Gasteiger partial charge in [0.05, 0.1) is 5.69 Å². The summed E-state index contributed by atoms with van der Waals surface area (Å²) < 4.78 is 1.95. The van der Waals surface area contributed by atoms with E-state index in [4.69, 9.17) is 10.9 Å². The van der Waals surface area contributed by atoms with Gasteiger partial charge in [0.1, 0.15) is 5.82 Å². The fourth-order valence-electron chi connectivity index (χ4n) is 1.93. The molecule has 0 aliphatic carbocycles. The maximum Gasteiger partial charge on any atom is 0.172 e. The second kappa shape index (κ2) is 4.91. The van der Waals surface area contributed by atoms with Crippen molar-refractivity contribution in [3.63, 3.8) is 0 Å². The number of aromatic nitrogens is 2. The average Bonchev–Trinajstić information content (AvgIpc) is 2.85. The number of nitrogens with zero attached hydrogens (tertiary/aromatic N) is 3. The second-order valence-corrected chi connectivity index (χ2v) is 4.07. The van der Waals surface area contributed by atoms with Gasteiger partial charge in [-0.05, 0) is 19.1 Å². The lowest BCUT2D eigenvalue weighted by atomic mass is 10.1. The van der Waals surface area contributed by atoms with Crippen LogP contribution in [0.15, 0.2) is 35.7 Å². The molecule has 1 aromatic carbocycles. The Hall–Kier alpha value is -2.30. The van der Waals surface area contributed by atoms with E-state index in [1.165, 1.54) is 0 Å². The Morgan fingerprint density at radius 3 is 2.94 bits per heavy atom. The molecule has 1 heterocycles. The van der Waals surface area contributed by atoms with Gasteiger partial charge in [-0.3, -0.25) is 0 Å². The molecule has 0 spiro atoms. The third-order valence-electron chi connectivity index (χ3n) is 2.83. The molecule has 0 aliphatic heterocycles. The zero-order valence-corrected chi connectivity index (χ0v) is 10.5. The van der Waals surface area contributed by atoms with Gasteiger partial charge in [-0.1, -0.05) is 23.7 Å². The van der Waals surface area contributed by atoms with Gasteiger partial charge < -0.3 is 15.5 Å². The van der Waals surface area contributed by atoms with Crippen LogP contribution in [0.2, 0.25) is 0 Å². The maximum atomic E-state index is 8.87. The number of hydrogen-bond donors (Lipinski definition) is 2. The molecule has 2 rings (SSSR count). The van der Waals surface area contributed by atoms with Crippen molar-refractivity contribution in [2.45, 2.75) is 20.3 Å². The fraction of sp³-hybridized carbons (Fsp3) is 0.231. The summed E-state index contributed by atoms with van der Waals surface area (Å²) in [5.74, 6) is 1.04. The van der Waals surface area contributed by atoms with Crippen LogP contribution in [-0.2, 0) is 6.42 Å². The van der Waals surface area contributed by atoms with Crippen molar-refractivity contribution in [2.24, 2.45) is 10.9 Å². The summed E-state index contributed by atoms with van der Waals surface area (Å²) in [6.45, 7) is 4.00. The van der Waals surface area contributed by atoms with E-state index < -0.39 is 0 Å². The summed E-state index contributed by atoms with van der Waals surface area (Å²) in [6, 6.07) is 5.83. The lowest BCUT2D eigenvalue weighted by Gasteiger charge is -2.12. The monoisotopic (exact) mass is 244 g/mol. The molecule has 0 fully saturated rings. The van der Waals surface area contributed by atoms with Crippen molar-refractivity contribution >= 4 is 5.84 Å². The van der Waals surface area contributed by atoms with Crippen molar-refractivity contribution in [1.29, 1.82) is 0 Å². The molecule has 94 valence electrons. The molecule has 0 amide bonds. The highest BCUT2D eigenvalue weighted by Crippen LogP contribution is 2.18. The van der Waals surface area contributed by atoms with E-state index in [1.54, 1.807) is 6.20 Å². The fourth-order valence-corrected chi connectivity index (χ4v) is 1.93. The third kappa shape index (κ3) is 2.07. The van der Waals surface area contributed by atoms with E-state index in [-0.39, 0.29) is 5.84 Å². The summed E-state index contributed by atoms with van der Waals surface area (Å²) in [4.78, 5) is 4.28. The minimum atomic E-state index is 0.101. The second-order valence-electron chi connectivity index (χ2n) is 4.07. The first-order valence-electron chi connectivity index (χ1n) is 5.78. The maximum absolute atomic E-state index is 8.87. The molecule has 2 aromatic rings. The molecule has 18 heavy (non-hydrogen) atoms. The van der Waals surface area contributed by atoms with Gasteiger partial charge in [0.15, 0.2) is 5.84 Å². The van der Waals surface area contributed by atoms with Gasteiger partial charge in [0, 0.05) is 24.4 Å². The smallest absolute Gasteiger partial charge is 0.172 e. The predicted octanol–water partition coefficient (Wildman–Crippen LogP) is 1.84. The summed E-state index contributed by atoms with van der Waals surface area (Å²) in [6.07, 6.45) is 4.43. The number of nitrogens with two attached hydrogens (primary N) is 1. The van der Waals surface area contributed by atoms with E-state index in [1.807, 2.05) is 42.8 Å². The summed E-state index contributed by atoms with van der Waals surface area (Å²) >= 11 is 0. The van der Waals surface area contributed by atoms with Crippen LogP contribution in [0.25, 0.3) is 5.69 Å². The Balaban J connectivity index is 2.64. The number of hydrogen-bond acceptors (Lipinski definition) is 3. The first kappa shape index (κ1) is 12.2. The Morgan fingerprint density at radius 1 is 1.50 bits per heavy atom. The molecule has 0 unspecified atom stereocenters. The highest BCUT2D eigenvalue weighted by molar-refractivity contribution is 6.00. The zero-order valence-electron chi connectivity index (χ0n) is 10.5. The van der Waals surface area contributed by atoms with Crippen LogP contribution in [-0.4, -0.2) is 20.6 Å². The summed E-state index contributed by atoms with van der Waals surface area (Å²) in [5, 5.41) is 12.0. The molecule has 5 heteroatoms. The minimum absolute atomic E-state index is 0.101. The molecule has 0 saturated carbocycles. The molecule has 0 aliphatic rings. The predicted molar refractivity (Wildman–Crippen MR) is 70.2 cm³/mol. The van der Waals surface area contributed by atoms with Crippen molar-refractivity contribution < 1.29 is 5.21 Å². The van der Waals surface area contributed by atoms with Crippen LogP contribution in [0.3, 0.4) is 0 Å². The van der Waals surface area contributed by atoms with E-state index in [2.05, 4.69) is 10.1 Å². The number of imidazole rings is 1. The number of rotatable bonds is 3. The van der Waals surface area contributed by atoms with Crippen LogP contribution in [0.4, 0.5) is 0 Å². The molecular weight excluding hydrogens is 228 g/mol. The molecule has 0 saturated heterocycles. The number of oxime groups is 1. The quantitative estimate of drug-likeness (QED) is 0.374. The van der Waals surface area contributed by atoms with Gasteiger partial charge >= 0.3 is 0 Å². The minimum Gasteiger partial charge on any atom is -0.409 e. The summed E-state index contributed by atoms with van der Waals surface area (Å²) in [7, 11) is 0. The van der Waals surface area contributed by atoms with Gasteiger partial charge in [0.2, 0.25) is 0 Å². The van der Waals surface area contributed by atoms with Crippen LogP contribution >= 0.6 is 0 Å². The summed E-state index contributed by atoms with van der Waals surface area (Å²) in [5.41, 5.74) is 8.35. The Morgan fingerprint density at radius 2 is 2.28 bits per heavy atom. The van der Waals surface area contributed by atoms with E-state index >= 15 is 0 Å². The molecule has 0 atom stereocenters. The Bertz CT molecular complexity index is 586. The molecule has 3 N–H and O–H groups in total. The molecule has 5 nitrogen and oxygen atoms in total. The van der Waals surface area contributed by atoms with Crippen molar-refractivity contribution in [1.82, 2.24) is 9.55 Å². The first-order chi connectivity index (χ1) is 8.67. The standard InChI is InChI=1S/C13H16N4O/c1-3-12-15-6-7-17(12)11-5-4-9(2)8-10(11)13(14)16-18/h4-8,18H,3H2,1-2H3,(H2,14,16). The molecule has 0 radical (unpaired) electrons. The zero-order chi connectivity index (χ0) is 13.1. The van der Waals surface area contributed by atoms with Crippen LogP contribution in [0.5, 0.6) is 0 Å². The van der Waals surface area contributed by atoms with Crippen molar-refractivity contribution in [3.05, 3.63) is 47.5 Å². The first-order valence-corrected chi connectivity index (χ1v) is 5.78. The molecule has 0 bridgehead atoms. The van der Waals surface area contributed by atoms with Crippen LogP contribution < -0.4 is 5.73 Å². The largest absolute Gasteiger partial charge is 0.409 e. The highest BCUT2D eigenvalue weighted by atomic mass is 16.4. The normalized spacial score (nSPS) is 11.8. The number of benzene rings is 1. The number of amidine groups is 1. The molecular formula is C13H16N4O. The van der Waals surface area contributed by atoms with E-state index in [9.17, 15) is 0 Å². The highest BCUT2D eigenvalue weighted by Gasteiger charge is 2.11. The van der Waals surface area contributed by atoms with Gasteiger partial charge in [-0.15, -0.1) is 0 Å². The Kier molecular flexibility index (Phi) is 3.32. The third-order valence-corrected chi connectivity index (χ3v) is 2.83. The van der Waals surface area contributed by atoms with Gasteiger partial charge in [0.25, 0.3) is 0 Å². The SMILES string of the molecule is CCc1nccn1-c1ccc(C)cc1/C(N)=N/O. The van der Waals surface area contributed by atoms with Crippen molar-refractivity contribution in [2.75, 3.05) is 0 Å². The van der Waals surface area contributed by atoms with Crippen LogP contribution in [0, 0.1) is 6.92 Å². The Labute approximate surface area is 106 Å².